The maximum atomic E-state index is 15.5. The molecule has 43 heavy (non-hydrogen) atoms. The quantitative estimate of drug-likeness (QED) is 0.440. The number of anilines is 1. The minimum absolute atomic E-state index is 0.0795. The van der Waals surface area contributed by atoms with Crippen molar-refractivity contribution >= 4 is 29.1 Å². The van der Waals surface area contributed by atoms with E-state index in [0.717, 1.165) is 28.1 Å². The van der Waals surface area contributed by atoms with Crippen molar-refractivity contribution in [2.75, 3.05) is 57.2 Å². The van der Waals surface area contributed by atoms with Crippen molar-refractivity contribution in [1.82, 2.24) is 9.91 Å². The summed E-state index contributed by atoms with van der Waals surface area (Å²) >= 11 is 1.78. The Bertz CT molecular complexity index is 1650. The van der Waals surface area contributed by atoms with Crippen LogP contribution in [0.15, 0.2) is 60.7 Å². The van der Waals surface area contributed by atoms with Gasteiger partial charge in [-0.25, -0.2) is 14.4 Å². The molecular weight excluding hydrogens is 569 g/mol. The molecular formula is C33H32FN3O5S. The second-order valence-corrected chi connectivity index (χ2v) is 12.8. The number of Topliss-reactive ketones (excluding diaryl/α,β-unsaturated/α-hetero) is 1. The number of thioether (sulfide) groups is 1. The van der Waals surface area contributed by atoms with Gasteiger partial charge in [-0.3, -0.25) is 14.5 Å². The summed E-state index contributed by atoms with van der Waals surface area (Å²) in [6.45, 7) is 2.19. The van der Waals surface area contributed by atoms with Crippen LogP contribution in [0.3, 0.4) is 0 Å². The summed E-state index contributed by atoms with van der Waals surface area (Å²) < 4.78 is 31.2. The average molecular weight is 602 g/mol. The van der Waals surface area contributed by atoms with Crippen LogP contribution in [0.5, 0.6) is 11.5 Å². The molecule has 4 atom stereocenters. The molecule has 5 aliphatic rings. The molecule has 0 aromatic heterocycles. The second kappa shape index (κ2) is 9.79. The van der Waals surface area contributed by atoms with Gasteiger partial charge in [0.25, 0.3) is 5.91 Å². The molecule has 0 unspecified atom stereocenters. The predicted octanol–water partition coefficient (Wildman–Crippen LogP) is 4.23. The first kappa shape index (κ1) is 27.1. The standard InChI is InChI=1S/C33H32FN3O5S/c1-40-27-15-21-17-32(30(38)23(21)16-28(27)41-2)29(20-7-9-22(34)10-8-20)26-18-43-19-36(26)33(32)24-5-3-4-6-25(24)37(31(33)39)35-11-13-42-14-12-35/h3-10,15-16,26,29H,11-14,17-19H2,1-2H3/t26-,29-,32-,33-/m0/s1. The highest BCUT2D eigenvalue weighted by atomic mass is 32.2. The number of hydrogen-bond acceptors (Lipinski definition) is 8. The van der Waals surface area contributed by atoms with Crippen molar-refractivity contribution in [2.45, 2.75) is 23.9 Å². The van der Waals surface area contributed by atoms with Gasteiger partial charge in [-0.15, -0.1) is 11.8 Å². The normalized spacial score (nSPS) is 29.9. The van der Waals surface area contributed by atoms with E-state index in [9.17, 15) is 4.39 Å². The Morgan fingerprint density at radius 3 is 2.44 bits per heavy atom. The highest BCUT2D eigenvalue weighted by Crippen LogP contribution is 2.71. The van der Waals surface area contributed by atoms with Gasteiger partial charge in [0.15, 0.2) is 17.3 Å². The summed E-state index contributed by atoms with van der Waals surface area (Å²) in [6, 6.07) is 18.0. The summed E-state index contributed by atoms with van der Waals surface area (Å²) in [5.41, 5.74) is 1.44. The van der Waals surface area contributed by atoms with Crippen LogP contribution in [0.1, 0.15) is 33.0 Å². The Hall–Kier alpha value is -3.44. The maximum absolute atomic E-state index is 15.5. The average Bonchev–Trinajstić information content (AvgIpc) is 3.75. The van der Waals surface area contributed by atoms with Crippen molar-refractivity contribution in [3.8, 4) is 11.5 Å². The van der Waals surface area contributed by atoms with E-state index in [0.29, 0.717) is 55.7 Å². The summed E-state index contributed by atoms with van der Waals surface area (Å²) in [5.74, 6) is 1.51. The van der Waals surface area contributed by atoms with E-state index in [1.165, 1.54) is 12.1 Å². The summed E-state index contributed by atoms with van der Waals surface area (Å²) in [5, 5.41) is 3.89. The first-order valence-electron chi connectivity index (χ1n) is 14.6. The van der Waals surface area contributed by atoms with E-state index in [4.69, 9.17) is 14.2 Å². The second-order valence-electron chi connectivity index (χ2n) is 11.8. The molecule has 10 heteroatoms. The van der Waals surface area contributed by atoms with Crippen LogP contribution in [0.2, 0.25) is 0 Å². The third-order valence-corrected chi connectivity index (χ3v) is 11.2. The molecule has 3 aromatic carbocycles. The first-order valence-corrected chi connectivity index (χ1v) is 15.8. The Balaban J connectivity index is 1.43. The summed E-state index contributed by atoms with van der Waals surface area (Å²) in [6.07, 6.45) is 0.345. The molecule has 0 bridgehead atoms. The number of nitrogens with zero attached hydrogens (tertiary/aromatic N) is 3. The van der Waals surface area contributed by atoms with E-state index < -0.39 is 11.0 Å². The number of rotatable bonds is 4. The number of hydrogen-bond donors (Lipinski definition) is 0. The minimum Gasteiger partial charge on any atom is -0.493 e. The van der Waals surface area contributed by atoms with Crippen molar-refractivity contribution in [3.63, 3.8) is 0 Å². The number of carbonyl (C=O) groups is 2. The fourth-order valence-corrected chi connectivity index (χ4v) is 9.90. The number of hydrazine groups is 1. The molecule has 2 spiro atoms. The number of amides is 1. The van der Waals surface area contributed by atoms with Crippen molar-refractivity contribution in [3.05, 3.63) is 88.7 Å². The van der Waals surface area contributed by atoms with E-state index in [1.807, 2.05) is 35.3 Å². The van der Waals surface area contributed by atoms with Crippen LogP contribution in [0.4, 0.5) is 10.1 Å². The largest absolute Gasteiger partial charge is 0.493 e. The number of methoxy groups -OCH3 is 2. The Morgan fingerprint density at radius 1 is 0.977 bits per heavy atom. The van der Waals surface area contributed by atoms with Gasteiger partial charge >= 0.3 is 0 Å². The zero-order valence-electron chi connectivity index (χ0n) is 24.0. The SMILES string of the molecule is COc1cc2c(cc1OC)C(=O)[C@]1(C2)[C@@H](c2ccc(F)cc2)[C@@H]2CSCN2[C@@]12C(=O)N(N1CCOCC1)c1ccccc12. The van der Waals surface area contributed by atoms with Gasteiger partial charge < -0.3 is 14.2 Å². The molecule has 8 nitrogen and oxygen atoms in total. The third-order valence-electron chi connectivity index (χ3n) is 10.2. The van der Waals surface area contributed by atoms with Gasteiger partial charge in [-0.1, -0.05) is 30.3 Å². The molecule has 222 valence electrons. The van der Waals surface area contributed by atoms with Crippen molar-refractivity contribution < 1.29 is 28.2 Å². The summed E-state index contributed by atoms with van der Waals surface area (Å²) in [7, 11) is 3.14. The monoisotopic (exact) mass is 601 g/mol. The number of benzene rings is 3. The van der Waals surface area contributed by atoms with Gasteiger partial charge in [0.05, 0.1) is 38.5 Å². The molecule has 4 heterocycles. The topological polar surface area (TPSA) is 71.6 Å². The smallest absolute Gasteiger partial charge is 0.267 e. The van der Waals surface area contributed by atoms with Crippen molar-refractivity contribution in [2.24, 2.45) is 5.41 Å². The van der Waals surface area contributed by atoms with Gasteiger partial charge in [0.1, 0.15) is 11.4 Å². The molecule has 3 aromatic rings. The van der Waals surface area contributed by atoms with Crippen LogP contribution in [0.25, 0.3) is 0 Å². The zero-order valence-corrected chi connectivity index (χ0v) is 24.9. The van der Waals surface area contributed by atoms with Crippen LogP contribution in [-0.4, -0.2) is 79.8 Å². The number of para-hydroxylation sites is 1. The number of ketones is 1. The number of fused-ring (bicyclic) bond motifs is 6. The highest BCUT2D eigenvalue weighted by molar-refractivity contribution is 7.99. The van der Waals surface area contributed by atoms with E-state index in [-0.39, 0.29) is 29.5 Å². The van der Waals surface area contributed by atoms with Crippen LogP contribution < -0.4 is 14.5 Å². The highest BCUT2D eigenvalue weighted by Gasteiger charge is 2.80. The molecule has 0 saturated carbocycles. The van der Waals surface area contributed by atoms with Crippen LogP contribution in [-0.2, 0) is 21.5 Å². The fraction of sp³-hybridized carbons (Fsp3) is 0.394. The lowest BCUT2D eigenvalue weighted by Gasteiger charge is -2.45. The number of halogens is 1. The molecule has 3 fully saturated rings. The molecule has 3 saturated heterocycles. The van der Waals surface area contributed by atoms with Gasteiger partial charge in [-0.2, -0.15) is 0 Å². The lowest BCUT2D eigenvalue weighted by molar-refractivity contribution is -0.137. The Labute approximate surface area is 253 Å². The number of ether oxygens (including phenoxy) is 3. The predicted molar refractivity (Wildman–Crippen MR) is 160 cm³/mol. The van der Waals surface area contributed by atoms with Gasteiger partial charge in [0, 0.05) is 47.8 Å². The lowest BCUT2D eigenvalue weighted by atomic mass is 9.58. The third kappa shape index (κ3) is 3.38. The van der Waals surface area contributed by atoms with Crippen LogP contribution in [0, 0.1) is 11.2 Å². The number of carbonyl (C=O) groups excluding carboxylic acids is 2. The minimum atomic E-state index is -1.27. The van der Waals surface area contributed by atoms with Gasteiger partial charge in [0.2, 0.25) is 0 Å². The molecule has 1 aliphatic carbocycles. The fourth-order valence-electron chi connectivity index (χ4n) is 8.59. The van der Waals surface area contributed by atoms with E-state index >= 15 is 9.59 Å². The zero-order chi connectivity index (χ0) is 29.5. The van der Waals surface area contributed by atoms with E-state index in [1.54, 1.807) is 44.2 Å². The lowest BCUT2D eigenvalue weighted by Crippen LogP contribution is -2.63. The Morgan fingerprint density at radius 2 is 1.70 bits per heavy atom. The van der Waals surface area contributed by atoms with Crippen LogP contribution >= 0.6 is 11.8 Å². The molecule has 8 rings (SSSR count). The molecule has 0 radical (unpaired) electrons. The van der Waals surface area contributed by atoms with Gasteiger partial charge in [-0.05, 0) is 47.9 Å². The maximum Gasteiger partial charge on any atom is 0.267 e. The first-order chi connectivity index (χ1) is 21.0. The Kier molecular flexibility index (Phi) is 6.17. The van der Waals surface area contributed by atoms with Crippen molar-refractivity contribution in [1.29, 1.82) is 0 Å². The number of morpholine rings is 1. The molecule has 1 amide bonds. The molecule has 0 N–H and O–H groups in total. The molecule has 4 aliphatic heterocycles. The summed E-state index contributed by atoms with van der Waals surface area (Å²) in [4.78, 5) is 33.2. The van der Waals surface area contributed by atoms with E-state index in [2.05, 4.69) is 9.91 Å².